The second-order valence-corrected chi connectivity index (χ2v) is 20.6. The number of rotatable bonds is 18. The van der Waals surface area contributed by atoms with E-state index < -0.39 is 41.1 Å². The zero-order chi connectivity index (χ0) is 35.0. The SMILES string of the molecule is COC(=O)CNC(=O)C(CS)NC(=O)CCC(NC(=O)CCCCP(Br)(c1ccccc1)(c1ccccc1)c1ccccc1)C(=O)OC. The molecule has 10 nitrogen and oxygen atoms in total. The number of carbonyl (C=O) groups is 5. The van der Waals surface area contributed by atoms with Gasteiger partial charge in [0.2, 0.25) is 5.91 Å². The number of nitrogens with one attached hydrogen (secondary N) is 3. The molecule has 0 saturated carbocycles. The van der Waals surface area contributed by atoms with E-state index in [1.54, 1.807) is 0 Å². The van der Waals surface area contributed by atoms with Gasteiger partial charge in [-0.3, -0.25) is 9.59 Å². The molecule has 2 unspecified atom stereocenters. The van der Waals surface area contributed by atoms with E-state index in [0.717, 1.165) is 6.16 Å². The van der Waals surface area contributed by atoms with E-state index in [1.807, 2.05) is 54.6 Å². The quantitative estimate of drug-likeness (QED) is 0.0677. The predicted molar refractivity (Wildman–Crippen MR) is 197 cm³/mol. The zero-order valence-electron chi connectivity index (χ0n) is 27.1. The maximum atomic E-state index is 13.1. The van der Waals surface area contributed by atoms with Crippen LogP contribution in [0.15, 0.2) is 91.0 Å². The minimum atomic E-state index is -3.13. The Morgan fingerprint density at radius 2 is 1.19 bits per heavy atom. The Bertz CT molecular complexity index is 1430. The maximum absolute atomic E-state index is 13.1. The standard InChI is InChI=1S/C35H43BrN3O7PS/c1-45-33(42)24-37-34(43)30(25-48)39-32(41)22-21-29(35(44)46-2)38-31(40)20-12-13-23-47(36,26-14-6-3-7-15-26,27-16-8-4-9-17-27)28-18-10-5-11-19-28/h3-11,14-19,29-30,48H,12-13,20-25H2,1-2H3,(H,37,43)(H,38,40)(H,39,41). The van der Waals surface area contributed by atoms with E-state index in [9.17, 15) is 24.0 Å². The van der Waals surface area contributed by atoms with Crippen LogP contribution in [-0.4, -0.2) is 74.4 Å². The molecule has 0 aromatic heterocycles. The summed E-state index contributed by atoms with van der Waals surface area (Å²) in [4.78, 5) is 61.8. The van der Waals surface area contributed by atoms with Crippen molar-refractivity contribution in [2.24, 2.45) is 0 Å². The third-order valence-corrected chi connectivity index (χ3v) is 18.5. The van der Waals surface area contributed by atoms with E-state index in [-0.39, 0.29) is 37.5 Å². The fourth-order valence-corrected chi connectivity index (χ4v) is 13.5. The third-order valence-electron chi connectivity index (χ3n) is 8.07. The number of halogens is 1. The van der Waals surface area contributed by atoms with Crippen molar-refractivity contribution in [1.29, 1.82) is 0 Å². The van der Waals surface area contributed by atoms with Gasteiger partial charge in [-0.25, -0.2) is 0 Å². The summed E-state index contributed by atoms with van der Waals surface area (Å²) >= 11 is 8.52. The van der Waals surface area contributed by atoms with Crippen LogP contribution in [0.25, 0.3) is 0 Å². The topological polar surface area (TPSA) is 140 Å². The van der Waals surface area contributed by atoms with Crippen molar-refractivity contribution in [1.82, 2.24) is 16.0 Å². The van der Waals surface area contributed by atoms with E-state index in [1.165, 1.54) is 30.1 Å². The van der Waals surface area contributed by atoms with Crippen LogP contribution in [0.4, 0.5) is 0 Å². The van der Waals surface area contributed by atoms with E-state index in [0.29, 0.717) is 12.8 Å². The molecule has 13 heteroatoms. The molecule has 0 aliphatic heterocycles. The van der Waals surface area contributed by atoms with Gasteiger partial charge in [-0.1, -0.05) is 0 Å². The number of unbranched alkanes of at least 4 members (excludes halogenated alkanes) is 1. The first-order valence-corrected chi connectivity index (χ1v) is 20.7. The van der Waals surface area contributed by atoms with Gasteiger partial charge in [0.1, 0.15) is 6.54 Å². The molecule has 3 aromatic carbocycles. The first-order valence-electron chi connectivity index (χ1n) is 15.6. The van der Waals surface area contributed by atoms with Gasteiger partial charge < -0.3 is 10.1 Å². The molecule has 2 atom stereocenters. The number of thiol groups is 1. The van der Waals surface area contributed by atoms with Crippen molar-refractivity contribution in [3.8, 4) is 0 Å². The van der Waals surface area contributed by atoms with Gasteiger partial charge >= 0.3 is 239 Å². The molecule has 48 heavy (non-hydrogen) atoms. The van der Waals surface area contributed by atoms with Gasteiger partial charge in [-0.15, -0.1) is 0 Å². The van der Waals surface area contributed by atoms with Crippen LogP contribution in [0.3, 0.4) is 0 Å². The van der Waals surface area contributed by atoms with E-state index >= 15 is 0 Å². The number of hydrogen-bond acceptors (Lipinski definition) is 8. The summed E-state index contributed by atoms with van der Waals surface area (Å²) in [6.07, 6.45) is 1.99. The Labute approximate surface area is 295 Å². The van der Waals surface area contributed by atoms with Crippen LogP contribution < -0.4 is 31.9 Å². The summed E-state index contributed by atoms with van der Waals surface area (Å²) in [6, 6.07) is 29.2. The van der Waals surface area contributed by atoms with Crippen LogP contribution >= 0.6 is 33.4 Å². The van der Waals surface area contributed by atoms with Gasteiger partial charge in [0.25, 0.3) is 0 Å². The molecule has 0 fully saturated rings. The fourth-order valence-electron chi connectivity index (χ4n) is 5.49. The average Bonchev–Trinajstić information content (AvgIpc) is 3.13. The van der Waals surface area contributed by atoms with Crippen molar-refractivity contribution in [3.05, 3.63) is 91.0 Å². The Morgan fingerprint density at radius 3 is 1.65 bits per heavy atom. The molecule has 3 rings (SSSR count). The minimum absolute atomic E-state index is 0.0203. The van der Waals surface area contributed by atoms with Gasteiger partial charge in [0.05, 0.1) is 7.11 Å². The first kappa shape index (κ1) is 38.7. The van der Waals surface area contributed by atoms with Gasteiger partial charge in [-0.2, -0.15) is 12.6 Å². The number of ether oxygens (including phenoxy) is 2. The summed E-state index contributed by atoms with van der Waals surface area (Å²) in [5, 5.41) is 8.05. The number of methoxy groups -OCH3 is 2. The zero-order valence-corrected chi connectivity index (χ0v) is 30.5. The summed E-state index contributed by atoms with van der Waals surface area (Å²) in [5.74, 6) is -2.81. The van der Waals surface area contributed by atoms with Gasteiger partial charge in [0.15, 0.2) is 0 Å². The molecule has 3 amide bonds. The molecule has 0 aliphatic rings. The molecule has 3 aromatic rings. The number of esters is 2. The average molecular weight is 761 g/mol. The molecule has 3 N–H and O–H groups in total. The normalized spacial score (nSPS) is 13.1. The molecule has 0 saturated heterocycles. The molecular weight excluding hydrogens is 717 g/mol. The third kappa shape index (κ3) is 9.90. The van der Waals surface area contributed by atoms with Crippen molar-refractivity contribution in [3.63, 3.8) is 0 Å². The van der Waals surface area contributed by atoms with Crippen LogP contribution in [-0.2, 0) is 33.4 Å². The molecule has 0 spiro atoms. The Kier molecular flexibility index (Phi) is 15.1. The monoisotopic (exact) mass is 759 g/mol. The number of carbonyl (C=O) groups excluding carboxylic acids is 5. The van der Waals surface area contributed by atoms with Crippen LogP contribution in [0.5, 0.6) is 0 Å². The van der Waals surface area contributed by atoms with Gasteiger partial charge in [0, 0.05) is 5.75 Å². The number of amides is 3. The first-order chi connectivity index (χ1) is 23.1. The van der Waals surface area contributed by atoms with Crippen LogP contribution in [0.1, 0.15) is 32.1 Å². The fraction of sp³-hybridized carbons (Fsp3) is 0.343. The summed E-state index contributed by atoms with van der Waals surface area (Å²) < 4.78 is 9.37. The second-order valence-electron chi connectivity index (χ2n) is 11.1. The van der Waals surface area contributed by atoms with Crippen LogP contribution in [0, 0.1) is 0 Å². The summed E-state index contributed by atoms with van der Waals surface area (Å²) in [7, 11) is 2.40. The van der Waals surface area contributed by atoms with Gasteiger partial charge in [-0.05, 0) is 0 Å². The Balaban J connectivity index is 1.65. The van der Waals surface area contributed by atoms with Crippen LogP contribution in [0.2, 0.25) is 0 Å². The summed E-state index contributed by atoms with van der Waals surface area (Å²) in [6.45, 7) is -0.351. The van der Waals surface area contributed by atoms with E-state index in [4.69, 9.17) is 4.74 Å². The molecular formula is C35H43BrN3O7PS. The van der Waals surface area contributed by atoms with Crippen molar-refractivity contribution >= 4 is 79.0 Å². The van der Waals surface area contributed by atoms with Crippen molar-refractivity contribution in [2.45, 2.75) is 44.2 Å². The summed E-state index contributed by atoms with van der Waals surface area (Å²) in [5.41, 5.74) is 0. The molecule has 0 radical (unpaired) electrons. The predicted octanol–water partition coefficient (Wildman–Crippen LogP) is 3.14. The Hall–Kier alpha value is -3.73. The molecule has 0 aliphatic carbocycles. The van der Waals surface area contributed by atoms with E-state index in [2.05, 4.69) is 85.2 Å². The Morgan fingerprint density at radius 1 is 0.708 bits per heavy atom. The second kappa shape index (κ2) is 18.7. The van der Waals surface area contributed by atoms with Crippen molar-refractivity contribution < 1.29 is 33.4 Å². The number of benzene rings is 3. The van der Waals surface area contributed by atoms with Crippen molar-refractivity contribution in [2.75, 3.05) is 32.7 Å². The molecule has 0 bridgehead atoms. The molecule has 0 heterocycles. The molecule has 258 valence electrons. The number of hydrogen-bond donors (Lipinski definition) is 4.